The zero-order valence-corrected chi connectivity index (χ0v) is 11.8. The Morgan fingerprint density at radius 2 is 1.73 bits per heavy atom. The van der Waals surface area contributed by atoms with Gasteiger partial charge in [-0.3, -0.25) is 14.7 Å². The summed E-state index contributed by atoms with van der Waals surface area (Å²) in [5.41, 5.74) is 5.44. The molecule has 0 saturated heterocycles. The summed E-state index contributed by atoms with van der Waals surface area (Å²) in [6.07, 6.45) is 1.49. The number of nitrogens with zero attached hydrogens (tertiary/aromatic N) is 1. The molecule has 3 rings (SSSR count). The number of rotatable bonds is 5. The molecule has 0 spiro atoms. The number of aromatic amines is 1. The molecule has 0 atom stereocenters. The minimum absolute atomic E-state index is 0.311. The lowest BCUT2D eigenvalue weighted by Gasteiger charge is -2.06. The van der Waals surface area contributed by atoms with Gasteiger partial charge in [-0.2, -0.15) is 5.10 Å². The molecule has 2 N–H and O–H groups in total. The number of carbonyl (C=O) groups is 1. The molecule has 0 saturated carbocycles. The van der Waals surface area contributed by atoms with E-state index in [4.69, 9.17) is 4.84 Å². The summed E-state index contributed by atoms with van der Waals surface area (Å²) in [5.74, 6) is -0.330. The Bertz CT molecular complexity index is 739. The molecule has 0 bridgehead atoms. The molecule has 110 valence electrons. The first-order chi connectivity index (χ1) is 10.8. The lowest BCUT2D eigenvalue weighted by Crippen LogP contribution is -2.23. The normalized spacial score (nSPS) is 10.4. The molecule has 0 fully saturated rings. The number of hydrogen-bond acceptors (Lipinski definition) is 3. The maximum Gasteiger partial charge on any atom is 0.278 e. The molecular weight excluding hydrogens is 278 g/mol. The van der Waals surface area contributed by atoms with Crippen LogP contribution in [0, 0.1) is 0 Å². The van der Waals surface area contributed by atoms with Crippen molar-refractivity contribution in [2.24, 2.45) is 0 Å². The van der Waals surface area contributed by atoms with Gasteiger partial charge in [0.05, 0.1) is 24.1 Å². The fraction of sp³-hybridized carbons (Fsp3) is 0.0588. The number of amides is 1. The van der Waals surface area contributed by atoms with Gasteiger partial charge >= 0.3 is 0 Å². The minimum Gasteiger partial charge on any atom is -0.277 e. The van der Waals surface area contributed by atoms with Crippen LogP contribution in [0.1, 0.15) is 15.9 Å². The molecule has 3 aromatic rings. The standard InChI is InChI=1S/C17H15N3O2/c21-17(20-22-12-13-7-3-1-4-8-13)15-11-18-19-16(15)14-9-5-2-6-10-14/h1-11H,12H2,(H,18,19)(H,20,21). The zero-order chi connectivity index (χ0) is 15.2. The number of hydroxylamine groups is 1. The lowest BCUT2D eigenvalue weighted by molar-refractivity contribution is 0.0234. The summed E-state index contributed by atoms with van der Waals surface area (Å²) in [7, 11) is 0. The molecule has 0 aliphatic heterocycles. The summed E-state index contributed by atoms with van der Waals surface area (Å²) < 4.78 is 0. The first-order valence-corrected chi connectivity index (χ1v) is 6.89. The van der Waals surface area contributed by atoms with Gasteiger partial charge in [-0.1, -0.05) is 60.7 Å². The van der Waals surface area contributed by atoms with Crippen molar-refractivity contribution in [1.29, 1.82) is 0 Å². The van der Waals surface area contributed by atoms with E-state index < -0.39 is 0 Å². The molecule has 1 heterocycles. The van der Waals surface area contributed by atoms with Crippen LogP contribution in [-0.2, 0) is 11.4 Å². The van der Waals surface area contributed by atoms with Gasteiger partial charge in [0.15, 0.2) is 0 Å². The van der Waals surface area contributed by atoms with Crippen LogP contribution in [0.3, 0.4) is 0 Å². The SMILES string of the molecule is O=C(NOCc1ccccc1)c1cn[nH]c1-c1ccccc1. The first-order valence-electron chi connectivity index (χ1n) is 6.89. The van der Waals surface area contributed by atoms with Crippen LogP contribution in [0.4, 0.5) is 0 Å². The van der Waals surface area contributed by atoms with Crippen molar-refractivity contribution in [3.63, 3.8) is 0 Å². The second-order valence-corrected chi connectivity index (χ2v) is 4.73. The van der Waals surface area contributed by atoms with Crippen molar-refractivity contribution >= 4 is 5.91 Å². The van der Waals surface area contributed by atoms with Crippen LogP contribution >= 0.6 is 0 Å². The van der Waals surface area contributed by atoms with Crippen LogP contribution in [0.2, 0.25) is 0 Å². The van der Waals surface area contributed by atoms with E-state index in [-0.39, 0.29) is 5.91 Å². The third-order valence-corrected chi connectivity index (χ3v) is 3.19. The summed E-state index contributed by atoms with van der Waals surface area (Å²) in [5, 5.41) is 6.79. The van der Waals surface area contributed by atoms with E-state index in [1.165, 1.54) is 6.20 Å². The van der Waals surface area contributed by atoms with Gasteiger partial charge in [-0.15, -0.1) is 0 Å². The predicted octanol–water partition coefficient (Wildman–Crippen LogP) is 2.94. The van der Waals surface area contributed by atoms with Crippen molar-refractivity contribution in [3.05, 3.63) is 78.0 Å². The number of nitrogens with one attached hydrogen (secondary N) is 2. The van der Waals surface area contributed by atoms with E-state index in [1.54, 1.807) is 0 Å². The number of H-pyrrole nitrogens is 1. The van der Waals surface area contributed by atoms with E-state index >= 15 is 0 Å². The third kappa shape index (κ3) is 3.21. The van der Waals surface area contributed by atoms with Gasteiger partial charge in [0.1, 0.15) is 0 Å². The molecule has 5 nitrogen and oxygen atoms in total. The lowest BCUT2D eigenvalue weighted by atomic mass is 10.1. The molecular formula is C17H15N3O2. The Kier molecular flexibility index (Phi) is 4.27. The quantitative estimate of drug-likeness (QED) is 0.711. The highest BCUT2D eigenvalue weighted by Gasteiger charge is 2.15. The fourth-order valence-corrected chi connectivity index (χ4v) is 2.10. The monoisotopic (exact) mass is 293 g/mol. The Balaban J connectivity index is 1.65. The molecule has 0 radical (unpaired) electrons. The van der Waals surface area contributed by atoms with Gasteiger partial charge in [0.25, 0.3) is 5.91 Å². The van der Waals surface area contributed by atoms with Crippen LogP contribution in [0.5, 0.6) is 0 Å². The van der Waals surface area contributed by atoms with Crippen molar-refractivity contribution in [1.82, 2.24) is 15.7 Å². The summed E-state index contributed by atoms with van der Waals surface area (Å²) in [6, 6.07) is 19.2. The highest BCUT2D eigenvalue weighted by atomic mass is 16.6. The van der Waals surface area contributed by atoms with E-state index in [2.05, 4.69) is 15.7 Å². The van der Waals surface area contributed by atoms with Gasteiger partial charge in [0.2, 0.25) is 0 Å². The maximum absolute atomic E-state index is 12.2. The summed E-state index contributed by atoms with van der Waals surface area (Å²) in [6.45, 7) is 0.311. The van der Waals surface area contributed by atoms with E-state index in [0.717, 1.165) is 11.1 Å². The van der Waals surface area contributed by atoms with Crippen molar-refractivity contribution in [2.45, 2.75) is 6.61 Å². The molecule has 0 unspecified atom stereocenters. The Hall–Kier alpha value is -2.92. The second-order valence-electron chi connectivity index (χ2n) is 4.73. The molecule has 0 aliphatic rings. The molecule has 5 heteroatoms. The van der Waals surface area contributed by atoms with E-state index in [0.29, 0.717) is 17.9 Å². The third-order valence-electron chi connectivity index (χ3n) is 3.19. The molecule has 1 aromatic heterocycles. The minimum atomic E-state index is -0.330. The van der Waals surface area contributed by atoms with Crippen LogP contribution in [0.15, 0.2) is 66.9 Å². The Morgan fingerprint density at radius 1 is 1.05 bits per heavy atom. The van der Waals surface area contributed by atoms with Gasteiger partial charge in [0, 0.05) is 5.56 Å². The number of aromatic nitrogens is 2. The van der Waals surface area contributed by atoms with Gasteiger partial charge in [-0.05, 0) is 5.56 Å². The zero-order valence-electron chi connectivity index (χ0n) is 11.8. The topological polar surface area (TPSA) is 67.0 Å². The van der Waals surface area contributed by atoms with Crippen LogP contribution in [-0.4, -0.2) is 16.1 Å². The first kappa shape index (κ1) is 14.0. The Labute approximate surface area is 127 Å². The van der Waals surface area contributed by atoms with Gasteiger partial charge < -0.3 is 0 Å². The molecule has 2 aromatic carbocycles. The van der Waals surface area contributed by atoms with Crippen molar-refractivity contribution in [2.75, 3.05) is 0 Å². The highest BCUT2D eigenvalue weighted by Crippen LogP contribution is 2.20. The van der Waals surface area contributed by atoms with Crippen molar-refractivity contribution in [3.8, 4) is 11.3 Å². The second kappa shape index (κ2) is 6.69. The summed E-state index contributed by atoms with van der Waals surface area (Å²) >= 11 is 0. The number of hydrogen-bond donors (Lipinski definition) is 2. The van der Waals surface area contributed by atoms with E-state index in [1.807, 2.05) is 60.7 Å². The molecule has 22 heavy (non-hydrogen) atoms. The predicted molar refractivity (Wildman–Crippen MR) is 82.7 cm³/mol. The number of benzene rings is 2. The summed E-state index contributed by atoms with van der Waals surface area (Å²) in [4.78, 5) is 17.4. The largest absolute Gasteiger partial charge is 0.278 e. The Morgan fingerprint density at radius 3 is 2.45 bits per heavy atom. The van der Waals surface area contributed by atoms with Gasteiger partial charge in [-0.25, -0.2) is 5.48 Å². The van der Waals surface area contributed by atoms with Crippen LogP contribution < -0.4 is 5.48 Å². The molecule has 0 aliphatic carbocycles. The average Bonchev–Trinajstić information content (AvgIpc) is 3.06. The number of carbonyl (C=O) groups excluding carboxylic acids is 1. The van der Waals surface area contributed by atoms with Crippen molar-refractivity contribution < 1.29 is 9.63 Å². The fourth-order valence-electron chi connectivity index (χ4n) is 2.10. The molecule has 1 amide bonds. The maximum atomic E-state index is 12.2. The smallest absolute Gasteiger partial charge is 0.277 e. The van der Waals surface area contributed by atoms with Crippen LogP contribution in [0.25, 0.3) is 11.3 Å². The highest BCUT2D eigenvalue weighted by molar-refractivity contribution is 5.99. The average molecular weight is 293 g/mol. The van der Waals surface area contributed by atoms with E-state index in [9.17, 15) is 4.79 Å².